The fourth-order valence-electron chi connectivity index (χ4n) is 3.32. The number of ketones is 1. The van der Waals surface area contributed by atoms with Crippen LogP contribution in [0.4, 0.5) is 0 Å². The summed E-state index contributed by atoms with van der Waals surface area (Å²) >= 11 is 12.3. The van der Waals surface area contributed by atoms with E-state index in [2.05, 4.69) is 4.98 Å². The van der Waals surface area contributed by atoms with E-state index < -0.39 is 5.97 Å². The van der Waals surface area contributed by atoms with E-state index in [4.69, 9.17) is 27.9 Å². The van der Waals surface area contributed by atoms with Crippen molar-refractivity contribution in [3.05, 3.63) is 91.7 Å². The number of halogens is 2. The first kappa shape index (κ1) is 20.2. The minimum absolute atomic E-state index is 0.233. The lowest BCUT2D eigenvalue weighted by atomic mass is 9.92. The van der Waals surface area contributed by atoms with Gasteiger partial charge in [-0.2, -0.15) is 0 Å². The highest BCUT2D eigenvalue weighted by Gasteiger charge is 2.27. The Morgan fingerprint density at radius 2 is 1.64 bits per heavy atom. The molecule has 1 N–H and O–H groups in total. The molecule has 144 valence electrons. The predicted octanol–water partition coefficient (Wildman–Crippen LogP) is 5.55. The lowest BCUT2D eigenvalue weighted by Crippen LogP contribution is -2.13. The Morgan fingerprint density at radius 1 is 0.964 bits per heavy atom. The quantitative estimate of drug-likeness (QED) is 0.439. The van der Waals surface area contributed by atoms with Gasteiger partial charge in [0.25, 0.3) is 0 Å². The Balaban J connectivity index is 2.07. The Kier molecular flexibility index (Phi) is 5.92. The van der Waals surface area contributed by atoms with Gasteiger partial charge in [-0.1, -0.05) is 53.5 Å². The van der Waals surface area contributed by atoms with Crippen molar-refractivity contribution in [2.75, 3.05) is 7.11 Å². The van der Waals surface area contributed by atoms with Gasteiger partial charge in [-0.3, -0.25) is 4.79 Å². The average molecular weight is 416 g/mol. The number of methoxy groups -OCH3 is 1. The van der Waals surface area contributed by atoms with Crippen LogP contribution in [-0.2, 0) is 11.2 Å². The fourth-order valence-corrected chi connectivity index (χ4v) is 3.80. The van der Waals surface area contributed by atoms with Gasteiger partial charge in [-0.05, 0) is 43.5 Å². The maximum atomic E-state index is 13.4. The highest BCUT2D eigenvalue weighted by atomic mass is 35.5. The molecular weight excluding hydrogens is 397 g/mol. The second-order valence-corrected chi connectivity index (χ2v) is 7.36. The number of aryl methyl sites for hydroxylation is 2. The molecule has 0 aliphatic heterocycles. The van der Waals surface area contributed by atoms with Crippen LogP contribution in [0.1, 0.15) is 48.8 Å². The van der Waals surface area contributed by atoms with Gasteiger partial charge in [0.05, 0.1) is 18.2 Å². The van der Waals surface area contributed by atoms with Crippen molar-refractivity contribution < 1.29 is 14.3 Å². The Labute approximate surface area is 173 Å². The molecule has 1 aromatic heterocycles. The van der Waals surface area contributed by atoms with E-state index in [9.17, 15) is 9.59 Å². The van der Waals surface area contributed by atoms with Crippen molar-refractivity contribution in [1.29, 1.82) is 0 Å². The molecule has 3 rings (SSSR count). The first-order valence-electron chi connectivity index (χ1n) is 8.67. The second-order valence-electron chi connectivity index (χ2n) is 6.52. The molecule has 0 spiro atoms. The molecule has 0 aliphatic rings. The van der Waals surface area contributed by atoms with Gasteiger partial charge in [0.15, 0.2) is 5.78 Å². The minimum Gasteiger partial charge on any atom is -0.465 e. The summed E-state index contributed by atoms with van der Waals surface area (Å²) in [4.78, 5) is 28.7. The molecule has 1 heterocycles. The topological polar surface area (TPSA) is 59.2 Å². The number of aromatic amines is 1. The van der Waals surface area contributed by atoms with E-state index in [0.717, 1.165) is 11.1 Å². The summed E-state index contributed by atoms with van der Waals surface area (Å²) < 4.78 is 4.87. The zero-order valence-electron chi connectivity index (χ0n) is 15.7. The number of aromatic nitrogens is 1. The van der Waals surface area contributed by atoms with Crippen LogP contribution in [0.2, 0.25) is 10.0 Å². The van der Waals surface area contributed by atoms with E-state index in [1.54, 1.807) is 38.1 Å². The summed E-state index contributed by atoms with van der Waals surface area (Å²) in [6.07, 6.45) is 0.466. The number of rotatable bonds is 5. The molecular formula is C22H19Cl2NO3. The summed E-state index contributed by atoms with van der Waals surface area (Å²) in [5.74, 6) is -0.772. The van der Waals surface area contributed by atoms with Crippen LogP contribution in [0.5, 0.6) is 0 Å². The minimum atomic E-state index is -0.538. The molecule has 0 bridgehead atoms. The van der Waals surface area contributed by atoms with Crippen LogP contribution in [0, 0.1) is 13.8 Å². The maximum Gasteiger partial charge on any atom is 0.340 e. The molecule has 28 heavy (non-hydrogen) atoms. The molecule has 0 fully saturated rings. The number of hydrogen-bond acceptors (Lipinski definition) is 3. The molecule has 0 atom stereocenters. The summed E-state index contributed by atoms with van der Waals surface area (Å²) in [5, 5.41) is 1.10. The zero-order chi connectivity index (χ0) is 20.4. The third-order valence-corrected chi connectivity index (χ3v) is 5.24. The fraction of sp³-hybridized carbons (Fsp3) is 0.182. The molecule has 3 aromatic rings. The number of ether oxygens (including phenoxy) is 1. The van der Waals surface area contributed by atoms with Gasteiger partial charge in [-0.15, -0.1) is 0 Å². The summed E-state index contributed by atoms with van der Waals surface area (Å²) in [5.41, 5.74) is 4.02. The van der Waals surface area contributed by atoms with Crippen molar-refractivity contribution in [2.24, 2.45) is 0 Å². The summed E-state index contributed by atoms with van der Waals surface area (Å²) in [7, 11) is 1.30. The number of benzene rings is 2. The standard InChI is InChI=1S/C22H19Cl2NO3/c1-12-19(20(13(2)25-12)22(27)28-3)21(26)17-7-5-4-6-14(17)10-15-8-9-16(23)11-18(15)24/h4-9,11,25H,10H2,1-3H3. The Hall–Kier alpha value is -2.56. The van der Waals surface area contributed by atoms with Crippen molar-refractivity contribution >= 4 is 35.0 Å². The van der Waals surface area contributed by atoms with Gasteiger partial charge in [0, 0.05) is 27.0 Å². The van der Waals surface area contributed by atoms with Crippen LogP contribution in [0.25, 0.3) is 0 Å². The lowest BCUT2D eigenvalue weighted by molar-refractivity contribution is 0.0597. The van der Waals surface area contributed by atoms with E-state index in [1.807, 2.05) is 18.2 Å². The van der Waals surface area contributed by atoms with Crippen LogP contribution < -0.4 is 0 Å². The Morgan fingerprint density at radius 3 is 2.32 bits per heavy atom. The highest BCUT2D eigenvalue weighted by molar-refractivity contribution is 6.35. The van der Waals surface area contributed by atoms with Crippen LogP contribution in [-0.4, -0.2) is 23.8 Å². The number of hydrogen-bond donors (Lipinski definition) is 1. The molecule has 0 unspecified atom stereocenters. The summed E-state index contributed by atoms with van der Waals surface area (Å²) in [6, 6.07) is 12.6. The largest absolute Gasteiger partial charge is 0.465 e. The number of H-pyrrole nitrogens is 1. The molecule has 2 aromatic carbocycles. The Bertz CT molecular complexity index is 1070. The SMILES string of the molecule is COC(=O)c1c(C)[nH]c(C)c1C(=O)c1ccccc1Cc1ccc(Cl)cc1Cl. The van der Waals surface area contributed by atoms with Crippen molar-refractivity contribution in [3.63, 3.8) is 0 Å². The molecule has 0 saturated carbocycles. The van der Waals surface area contributed by atoms with E-state index in [0.29, 0.717) is 39.0 Å². The third kappa shape index (κ3) is 3.84. The van der Waals surface area contributed by atoms with Gasteiger partial charge in [0.2, 0.25) is 0 Å². The van der Waals surface area contributed by atoms with Crippen molar-refractivity contribution in [3.8, 4) is 0 Å². The smallest absolute Gasteiger partial charge is 0.340 e. The van der Waals surface area contributed by atoms with Crippen LogP contribution in [0.3, 0.4) is 0 Å². The number of esters is 1. The molecule has 6 heteroatoms. The summed E-state index contributed by atoms with van der Waals surface area (Å²) in [6.45, 7) is 3.51. The third-order valence-electron chi connectivity index (χ3n) is 4.65. The molecule has 0 radical (unpaired) electrons. The first-order chi connectivity index (χ1) is 13.3. The highest BCUT2D eigenvalue weighted by Crippen LogP contribution is 2.28. The first-order valence-corrected chi connectivity index (χ1v) is 9.43. The van der Waals surface area contributed by atoms with E-state index >= 15 is 0 Å². The van der Waals surface area contributed by atoms with Crippen molar-refractivity contribution in [2.45, 2.75) is 20.3 Å². The lowest BCUT2D eigenvalue weighted by Gasteiger charge is -2.11. The molecule has 4 nitrogen and oxygen atoms in total. The van der Waals surface area contributed by atoms with Crippen LogP contribution in [0.15, 0.2) is 42.5 Å². The molecule has 0 amide bonds. The predicted molar refractivity (Wildman–Crippen MR) is 111 cm³/mol. The van der Waals surface area contributed by atoms with Gasteiger partial charge in [0.1, 0.15) is 0 Å². The van der Waals surface area contributed by atoms with E-state index in [1.165, 1.54) is 7.11 Å². The van der Waals surface area contributed by atoms with Gasteiger partial charge < -0.3 is 9.72 Å². The maximum absolute atomic E-state index is 13.4. The number of nitrogens with one attached hydrogen (secondary N) is 1. The van der Waals surface area contributed by atoms with Crippen LogP contribution >= 0.6 is 23.2 Å². The molecule has 0 aliphatic carbocycles. The van der Waals surface area contributed by atoms with Gasteiger partial charge >= 0.3 is 5.97 Å². The average Bonchev–Trinajstić information content (AvgIpc) is 2.97. The van der Waals surface area contributed by atoms with Gasteiger partial charge in [-0.25, -0.2) is 4.79 Å². The van der Waals surface area contributed by atoms with E-state index in [-0.39, 0.29) is 11.3 Å². The monoisotopic (exact) mass is 415 g/mol. The van der Waals surface area contributed by atoms with Crippen molar-refractivity contribution in [1.82, 2.24) is 4.98 Å². The zero-order valence-corrected chi connectivity index (χ0v) is 17.2. The number of carbonyl (C=O) groups excluding carboxylic acids is 2. The second kappa shape index (κ2) is 8.21. The number of carbonyl (C=O) groups is 2. The normalized spacial score (nSPS) is 10.8. The molecule has 0 saturated heterocycles.